The van der Waals surface area contributed by atoms with Gasteiger partial charge in [-0.25, -0.2) is 0 Å². The standard InChI is InChI=1S/C14H18BrN/c1-14(2,16-3)13-6-4-5-10-9-11(15)7-8-12(10)13/h6-9,16H,4-5H2,1-3H3. The van der Waals surface area contributed by atoms with Crippen molar-refractivity contribution in [3.8, 4) is 0 Å². The van der Waals surface area contributed by atoms with Crippen LogP contribution in [0.25, 0.3) is 5.57 Å². The van der Waals surface area contributed by atoms with Gasteiger partial charge in [-0.3, -0.25) is 0 Å². The number of halogens is 1. The predicted molar refractivity (Wildman–Crippen MR) is 73.6 cm³/mol. The second-order valence-electron chi connectivity index (χ2n) is 4.83. The van der Waals surface area contributed by atoms with E-state index in [2.05, 4.69) is 59.4 Å². The number of hydrogen-bond donors (Lipinski definition) is 1. The molecule has 1 nitrogen and oxygen atoms in total. The van der Waals surface area contributed by atoms with Crippen molar-refractivity contribution in [3.05, 3.63) is 39.9 Å². The van der Waals surface area contributed by atoms with Crippen LogP contribution in [0.5, 0.6) is 0 Å². The van der Waals surface area contributed by atoms with Crippen molar-refractivity contribution < 1.29 is 0 Å². The molecule has 2 heteroatoms. The van der Waals surface area contributed by atoms with Gasteiger partial charge >= 0.3 is 0 Å². The molecule has 1 N–H and O–H groups in total. The molecule has 1 aliphatic rings. The highest BCUT2D eigenvalue weighted by atomic mass is 79.9. The van der Waals surface area contributed by atoms with Gasteiger partial charge in [0.2, 0.25) is 0 Å². The number of aryl methyl sites for hydroxylation is 1. The van der Waals surface area contributed by atoms with E-state index in [1.54, 1.807) is 0 Å². The highest BCUT2D eigenvalue weighted by Crippen LogP contribution is 2.35. The number of fused-ring (bicyclic) bond motifs is 1. The van der Waals surface area contributed by atoms with Crippen LogP contribution in [0.2, 0.25) is 0 Å². The van der Waals surface area contributed by atoms with E-state index in [-0.39, 0.29) is 5.54 Å². The number of allylic oxidation sites excluding steroid dienone is 1. The lowest BCUT2D eigenvalue weighted by Gasteiger charge is -2.31. The second kappa shape index (κ2) is 4.34. The molecule has 0 bridgehead atoms. The van der Waals surface area contributed by atoms with E-state index in [1.165, 1.54) is 21.2 Å². The molecule has 1 aliphatic carbocycles. The summed E-state index contributed by atoms with van der Waals surface area (Å²) in [4.78, 5) is 0. The van der Waals surface area contributed by atoms with E-state index in [0.717, 1.165) is 12.8 Å². The van der Waals surface area contributed by atoms with Gasteiger partial charge in [0.1, 0.15) is 0 Å². The zero-order chi connectivity index (χ0) is 11.8. The lowest BCUT2D eigenvalue weighted by molar-refractivity contribution is 0.541. The second-order valence-corrected chi connectivity index (χ2v) is 5.75. The molecule has 0 fully saturated rings. The Morgan fingerprint density at radius 1 is 1.31 bits per heavy atom. The van der Waals surface area contributed by atoms with Gasteiger partial charge in [-0.05, 0) is 62.6 Å². The number of rotatable bonds is 2. The smallest absolute Gasteiger partial charge is 0.0377 e. The molecule has 0 heterocycles. The molecule has 0 atom stereocenters. The highest BCUT2D eigenvalue weighted by Gasteiger charge is 2.25. The molecule has 0 amide bonds. The monoisotopic (exact) mass is 279 g/mol. The molecule has 0 aliphatic heterocycles. The Kier molecular flexibility index (Phi) is 3.22. The minimum Gasteiger partial charge on any atom is -0.311 e. The molecule has 16 heavy (non-hydrogen) atoms. The average Bonchev–Trinajstić information content (AvgIpc) is 2.27. The topological polar surface area (TPSA) is 12.0 Å². The molecule has 1 aromatic rings. The molecule has 0 spiro atoms. The third kappa shape index (κ3) is 2.09. The van der Waals surface area contributed by atoms with E-state index in [1.807, 2.05) is 7.05 Å². The summed E-state index contributed by atoms with van der Waals surface area (Å²) in [7, 11) is 2.02. The largest absolute Gasteiger partial charge is 0.311 e. The minimum absolute atomic E-state index is 0.0446. The number of nitrogens with one attached hydrogen (secondary N) is 1. The molecule has 2 rings (SSSR count). The SMILES string of the molecule is CNC(C)(C)C1=CCCc2cc(Br)ccc21. The van der Waals surface area contributed by atoms with E-state index < -0.39 is 0 Å². The summed E-state index contributed by atoms with van der Waals surface area (Å²) >= 11 is 3.54. The third-order valence-corrected chi connectivity index (χ3v) is 3.91. The normalized spacial score (nSPS) is 15.6. The van der Waals surface area contributed by atoms with Crippen LogP contribution in [0.1, 0.15) is 31.4 Å². The van der Waals surface area contributed by atoms with Crippen molar-refractivity contribution in [2.75, 3.05) is 7.05 Å². The fourth-order valence-corrected chi connectivity index (χ4v) is 2.65. The Hall–Kier alpha value is -0.600. The van der Waals surface area contributed by atoms with Gasteiger partial charge in [0.25, 0.3) is 0 Å². The molecule has 0 saturated carbocycles. The first-order chi connectivity index (χ1) is 7.54. The van der Waals surface area contributed by atoms with Crippen LogP contribution in [-0.2, 0) is 6.42 Å². The molecule has 0 radical (unpaired) electrons. The van der Waals surface area contributed by atoms with E-state index in [9.17, 15) is 0 Å². The van der Waals surface area contributed by atoms with Crippen molar-refractivity contribution in [1.29, 1.82) is 0 Å². The minimum atomic E-state index is 0.0446. The van der Waals surface area contributed by atoms with Crippen LogP contribution < -0.4 is 5.32 Å². The van der Waals surface area contributed by atoms with Crippen molar-refractivity contribution in [1.82, 2.24) is 5.32 Å². The lowest BCUT2D eigenvalue weighted by atomic mass is 9.81. The van der Waals surface area contributed by atoms with Gasteiger partial charge in [-0.1, -0.05) is 28.1 Å². The summed E-state index contributed by atoms with van der Waals surface area (Å²) in [5.41, 5.74) is 4.32. The molecule has 0 aromatic heterocycles. The van der Waals surface area contributed by atoms with Crippen LogP contribution >= 0.6 is 15.9 Å². The van der Waals surface area contributed by atoms with E-state index >= 15 is 0 Å². The molecule has 86 valence electrons. The molecular weight excluding hydrogens is 262 g/mol. The highest BCUT2D eigenvalue weighted by molar-refractivity contribution is 9.10. The van der Waals surface area contributed by atoms with Crippen molar-refractivity contribution in [2.24, 2.45) is 0 Å². The number of hydrogen-bond acceptors (Lipinski definition) is 1. The predicted octanol–water partition coefficient (Wildman–Crippen LogP) is 3.78. The summed E-state index contributed by atoms with van der Waals surface area (Å²) in [6.45, 7) is 4.46. The van der Waals surface area contributed by atoms with Crippen LogP contribution in [0.3, 0.4) is 0 Å². The summed E-state index contributed by atoms with van der Waals surface area (Å²) in [5.74, 6) is 0. The third-order valence-electron chi connectivity index (χ3n) is 3.42. The zero-order valence-electron chi connectivity index (χ0n) is 10.1. The molecule has 1 aromatic carbocycles. The van der Waals surface area contributed by atoms with Gasteiger partial charge in [-0.2, -0.15) is 0 Å². The maximum Gasteiger partial charge on any atom is 0.0377 e. The fraction of sp³-hybridized carbons (Fsp3) is 0.429. The number of likely N-dealkylation sites (N-methyl/N-ethyl adjacent to an activating group) is 1. The summed E-state index contributed by atoms with van der Waals surface area (Å²) in [6.07, 6.45) is 4.66. The quantitative estimate of drug-likeness (QED) is 0.869. The molecule has 0 unspecified atom stereocenters. The Bertz CT molecular complexity index is 432. The first kappa shape index (κ1) is 11.9. The van der Waals surface area contributed by atoms with Gasteiger partial charge in [0, 0.05) is 10.0 Å². The van der Waals surface area contributed by atoms with E-state index in [4.69, 9.17) is 0 Å². The molecule has 0 saturated heterocycles. The first-order valence-electron chi connectivity index (χ1n) is 5.73. The first-order valence-corrected chi connectivity index (χ1v) is 6.52. The summed E-state index contributed by atoms with van der Waals surface area (Å²) in [6, 6.07) is 6.60. The van der Waals surface area contributed by atoms with Crippen LogP contribution in [0.4, 0.5) is 0 Å². The van der Waals surface area contributed by atoms with Gasteiger partial charge in [0.05, 0.1) is 0 Å². The van der Waals surface area contributed by atoms with Crippen molar-refractivity contribution >= 4 is 21.5 Å². The lowest BCUT2D eigenvalue weighted by Crippen LogP contribution is -2.38. The van der Waals surface area contributed by atoms with Gasteiger partial charge in [-0.15, -0.1) is 0 Å². The maximum absolute atomic E-state index is 3.54. The van der Waals surface area contributed by atoms with Crippen molar-refractivity contribution in [3.63, 3.8) is 0 Å². The maximum atomic E-state index is 3.54. The van der Waals surface area contributed by atoms with Gasteiger partial charge < -0.3 is 5.32 Å². The zero-order valence-corrected chi connectivity index (χ0v) is 11.7. The molecular formula is C14H18BrN. The van der Waals surface area contributed by atoms with Gasteiger partial charge in [0.15, 0.2) is 0 Å². The average molecular weight is 280 g/mol. The summed E-state index contributed by atoms with van der Waals surface area (Å²) < 4.78 is 1.18. The number of benzene rings is 1. The van der Waals surface area contributed by atoms with E-state index in [0.29, 0.717) is 0 Å². The van der Waals surface area contributed by atoms with Crippen LogP contribution in [-0.4, -0.2) is 12.6 Å². The van der Waals surface area contributed by atoms with Crippen LogP contribution in [0, 0.1) is 0 Å². The Morgan fingerprint density at radius 2 is 2.06 bits per heavy atom. The van der Waals surface area contributed by atoms with Crippen LogP contribution in [0.15, 0.2) is 28.7 Å². The summed E-state index contributed by atoms with van der Waals surface area (Å²) in [5, 5.41) is 3.39. The fourth-order valence-electron chi connectivity index (χ4n) is 2.24. The Labute approximate surface area is 106 Å². The van der Waals surface area contributed by atoms with Crippen molar-refractivity contribution in [2.45, 2.75) is 32.2 Å². The Balaban J connectivity index is 2.49. The Morgan fingerprint density at radius 3 is 2.75 bits per heavy atom.